The Morgan fingerprint density at radius 1 is 0.512 bits per heavy atom. The fourth-order valence-corrected chi connectivity index (χ4v) is 15.4. The van der Waals surface area contributed by atoms with Gasteiger partial charge in [0.1, 0.15) is 37.7 Å². The molecule has 4 heterocycles. The first-order chi connectivity index (χ1) is 61.2. The minimum absolute atomic E-state index is 0.0960. The van der Waals surface area contributed by atoms with Crippen molar-refractivity contribution in [1.82, 2.24) is 24.4 Å². The Kier molecular flexibility index (Phi) is 56.4. The van der Waals surface area contributed by atoms with Crippen molar-refractivity contribution in [3.05, 3.63) is 292 Å². The summed E-state index contributed by atoms with van der Waals surface area (Å²) in [6.07, 6.45) is 4.69. The quantitative estimate of drug-likeness (QED) is 0.00913. The van der Waals surface area contributed by atoms with E-state index in [9.17, 15) is 20.1 Å². The molecule has 7 aromatic carbocycles. The Morgan fingerprint density at radius 2 is 0.915 bits per heavy atom. The van der Waals surface area contributed by atoms with Crippen LogP contribution in [0.25, 0.3) is 50.7 Å². The number of nitriles is 6. The third-order valence-electron chi connectivity index (χ3n) is 18.5. The van der Waals surface area contributed by atoms with Gasteiger partial charge in [-0.3, -0.25) is 4.79 Å². The molecule has 4 aromatic heterocycles. The van der Waals surface area contributed by atoms with E-state index in [4.69, 9.17) is 121 Å². The van der Waals surface area contributed by atoms with Crippen LogP contribution in [-0.2, 0) is 37.1 Å². The normalized spacial score (nSPS) is 10.5. The molecule has 0 fully saturated rings. The third kappa shape index (κ3) is 41.1. The van der Waals surface area contributed by atoms with Gasteiger partial charge < -0.3 is 48.1 Å². The van der Waals surface area contributed by atoms with E-state index >= 15 is 0 Å². The summed E-state index contributed by atoms with van der Waals surface area (Å²) < 4.78 is 32.9. The Morgan fingerprint density at radius 3 is 1.36 bits per heavy atom. The van der Waals surface area contributed by atoms with Gasteiger partial charge in [-0.25, -0.2) is 4.79 Å². The summed E-state index contributed by atoms with van der Waals surface area (Å²) in [6.45, 7) is 35.4. The molecule has 129 heavy (non-hydrogen) atoms. The summed E-state index contributed by atoms with van der Waals surface area (Å²) in [5, 5.41) is 61.7. The molecule has 0 radical (unpaired) electrons. The number of nitrogens with zero attached hydrogens (tertiary/aromatic N) is 8. The van der Waals surface area contributed by atoms with Gasteiger partial charge in [0.15, 0.2) is 12.1 Å². The van der Waals surface area contributed by atoms with Gasteiger partial charge in [-0.15, -0.1) is 0 Å². The number of esters is 1. The molecule has 34 heteroatoms. The third-order valence-corrected chi connectivity index (χ3v) is 24.7. The Hall–Kier alpha value is -5.81. The van der Waals surface area contributed by atoms with Gasteiger partial charge in [0.2, 0.25) is 0 Å². The van der Waals surface area contributed by atoms with Gasteiger partial charge in [-0.2, -0.15) is 31.6 Å². The first kappa shape index (κ1) is 117. The molecule has 0 aliphatic heterocycles. The summed E-state index contributed by atoms with van der Waals surface area (Å²) >= 11 is 58.1. The van der Waals surface area contributed by atoms with Gasteiger partial charge in [0.05, 0.1) is 97.7 Å². The first-order valence-electron chi connectivity index (χ1n) is 39.5. The van der Waals surface area contributed by atoms with E-state index < -0.39 is 16.1 Å². The Balaban J connectivity index is 0.000000389. The van der Waals surface area contributed by atoms with E-state index in [1.165, 1.54) is 13.2 Å². The number of hydrogen-bond donors (Lipinski definition) is 3. The number of benzene rings is 7. The number of ether oxygens (including phenoxy) is 5. The molecule has 0 bridgehead atoms. The zero-order valence-corrected chi connectivity index (χ0v) is 95.3. The number of ketones is 1. The molecule has 11 aromatic rings. The van der Waals surface area contributed by atoms with Crippen LogP contribution in [0, 0.1) is 116 Å². The molecule has 0 spiro atoms. The van der Waals surface area contributed by atoms with Crippen molar-refractivity contribution in [2.24, 2.45) is 0 Å². The number of aromatic nitrogens is 4. The molecule has 0 amide bonds. The van der Waals surface area contributed by atoms with Gasteiger partial charge in [0, 0.05) is 167 Å². The minimum atomic E-state index is -1.12. The number of methoxy groups -OCH3 is 1. The summed E-state index contributed by atoms with van der Waals surface area (Å²) in [4.78, 5) is 28.6. The number of carbonyl (C=O) groups excluding carboxylic acids is 2. The van der Waals surface area contributed by atoms with Crippen LogP contribution in [-0.4, -0.2) is 93.4 Å². The number of rotatable bonds is 25. The fourth-order valence-electron chi connectivity index (χ4n) is 11.8. The van der Waals surface area contributed by atoms with E-state index in [1.807, 2.05) is 187 Å². The van der Waals surface area contributed by atoms with Gasteiger partial charge in [0.25, 0.3) is 0 Å². The van der Waals surface area contributed by atoms with Crippen molar-refractivity contribution in [3.63, 3.8) is 0 Å². The molecule has 0 unspecified atom stereocenters. The van der Waals surface area contributed by atoms with Crippen LogP contribution in [0.4, 0.5) is 0 Å². The maximum atomic E-state index is 11.3. The number of H-pyrrole nitrogens is 2. The Bertz CT molecular complexity index is 5810. The number of carbonyl (C=O) groups is 2. The van der Waals surface area contributed by atoms with Gasteiger partial charge >= 0.3 is 56.5 Å². The average molecular weight is 2610 g/mol. The second-order valence-electron chi connectivity index (χ2n) is 30.4. The predicted molar refractivity (Wildman–Crippen MR) is 573 cm³/mol. The van der Waals surface area contributed by atoms with Crippen LogP contribution in [0.1, 0.15) is 108 Å². The van der Waals surface area contributed by atoms with Crippen molar-refractivity contribution >= 4 is 221 Å². The van der Waals surface area contributed by atoms with Crippen molar-refractivity contribution in [2.45, 2.75) is 140 Å². The zero-order chi connectivity index (χ0) is 96.8. The van der Waals surface area contributed by atoms with Gasteiger partial charge in [-0.05, 0) is 254 Å². The second kappa shape index (κ2) is 62.0. The zero-order valence-electron chi connectivity index (χ0n) is 74.0. The van der Waals surface area contributed by atoms with E-state index in [0.717, 1.165) is 124 Å². The summed E-state index contributed by atoms with van der Waals surface area (Å²) in [7, 11) is -0.866. The molecule has 0 saturated heterocycles. The molecule has 3 N–H and O–H groups in total. The number of aryl methyl sites for hydroxylation is 7. The Labute approximate surface area is 866 Å². The molecular weight excluding hydrogens is 2510 g/mol. The SMILES string of the molecule is CCOC(CN/C(=C/C#N)c1cc(Cl)ccc1C)OCC.COC(=O)c1cc(Cl)ccc1C.Cc1ccc(Cl)cc1-c1[nH]c(Br)cc1C#N.Cc1ccc(Cl)cc1-c1[nH]ccc1C#N.Cc1ccc(Cl)cc1-c1c(C#N)cc(Br)n1COCC[Si](C)(C)C.Cc1ccc(Cl)cc1-c1c(C#N)ccn1COCC[Si](C)(C)C.Cc1ccc(Cl)cc1C(=O)CC#N.II.I[I-]I. The summed E-state index contributed by atoms with van der Waals surface area (Å²) in [5.74, 6) is -0.530. The molecule has 0 atom stereocenters. The van der Waals surface area contributed by atoms with E-state index in [-0.39, 0.29) is 24.5 Å². The average Bonchev–Trinajstić information content (AvgIpc) is 1.64. The van der Waals surface area contributed by atoms with Crippen LogP contribution in [0.3, 0.4) is 0 Å². The van der Waals surface area contributed by atoms with Crippen LogP contribution in [0.2, 0.25) is 86.5 Å². The molecule has 684 valence electrons. The molecule has 0 aliphatic carbocycles. The number of Topliss-reactive ketones (excluding diaryl/α,β-unsaturated/α-hetero) is 1. The van der Waals surface area contributed by atoms with Crippen molar-refractivity contribution in [2.75, 3.05) is 40.1 Å². The van der Waals surface area contributed by atoms with E-state index in [0.29, 0.717) is 121 Å². The van der Waals surface area contributed by atoms with E-state index in [2.05, 4.69) is 196 Å². The maximum absolute atomic E-state index is 11.3. The monoisotopic (exact) mass is 2600 g/mol. The number of hydrogen-bond acceptors (Lipinski definition) is 14. The van der Waals surface area contributed by atoms with Crippen molar-refractivity contribution < 1.29 is 46.5 Å². The standard InChI is InChI=1S/C18H22BrClN2OSi.C18H23ClN2OSi.C16H21ClN2O2.C12H8BrClN2.C12H9ClN2.C10H8ClNO.C9H9ClO2.I3.I2/c1-13-5-6-15(20)10-16(13)18-14(11-21)9-17(19)22(18)12-23-7-8-24(2,3)4;1-14-5-6-16(19)11-17(14)18-15(12-20)7-8-21(18)13-22-9-10-23(2,3)4;1-4-20-16(21-5-2)11-19-15(8-9-18)14-10-13(17)7-6-12(14)3;1-7-2-3-9(14)5-10(7)12-8(6-15)4-11(13)16-12;1-8-2-3-10(13)6-11(8)12-9(7-14)4-5-15-12;1-7-2-3-8(11)6-9(7)10(13)4-5-12;1-6-3-4-7(10)5-8(6)9(11)12-2;1-3-2;1-2/h5-6,9-10H,7-8,12H2,1-4H3;5-8,11H,9-10,13H2,1-4H3;6-8,10,16,19H,4-5,11H2,1-3H3;2-5,16H,1H3;2-6,15H,1H3;2-3,6H,4H2,1H3;3-5H,1-2H3;;/q;;;;;;;-1;/b;;15-8+;;;;;;. The molecule has 11 rings (SSSR count). The van der Waals surface area contributed by atoms with Crippen molar-refractivity contribution in [3.8, 4) is 81.4 Å². The van der Waals surface area contributed by atoms with Crippen molar-refractivity contribution in [1.29, 1.82) is 31.6 Å². The second-order valence-corrected chi connectivity index (χ2v) is 62.7. The molecule has 0 aliphatic rings. The van der Waals surface area contributed by atoms with Crippen LogP contribution in [0.5, 0.6) is 0 Å². The predicted octanol–water partition coefficient (Wildman–Crippen LogP) is 28.4. The number of aromatic amines is 2. The molecular formula is C95H100Br2Cl7I5N11O7Si2-. The summed E-state index contributed by atoms with van der Waals surface area (Å²) in [5.41, 5.74) is 19.5. The number of allylic oxidation sites excluding steroid dienone is 1. The van der Waals surface area contributed by atoms with Gasteiger partial charge in [-0.1, -0.05) is 163 Å². The number of halogens is 14. The molecule has 0 saturated carbocycles. The van der Waals surface area contributed by atoms with E-state index in [1.54, 1.807) is 54.7 Å². The summed E-state index contributed by atoms with van der Waals surface area (Å²) in [6, 6.07) is 60.7. The number of nitrogens with one attached hydrogen (secondary N) is 3. The fraction of sp³-hybridized carbons (Fsp3) is 0.284. The van der Waals surface area contributed by atoms with Crippen LogP contribution >= 0.6 is 188 Å². The van der Waals surface area contributed by atoms with Crippen LogP contribution < -0.4 is 18.6 Å². The topological polar surface area (TPSA) is 276 Å². The molecule has 18 nitrogen and oxygen atoms in total. The first-order valence-corrected chi connectivity index (χ1v) is 70.0. The van der Waals surface area contributed by atoms with Crippen LogP contribution in [0.15, 0.2) is 179 Å².